The van der Waals surface area contributed by atoms with Crippen LogP contribution in [0.25, 0.3) is 33.2 Å². The van der Waals surface area contributed by atoms with Gasteiger partial charge in [-0.3, -0.25) is 0 Å². The quantitative estimate of drug-likeness (QED) is 0.526. The molecule has 29 heavy (non-hydrogen) atoms. The van der Waals surface area contributed by atoms with Gasteiger partial charge in [-0.25, -0.2) is 4.68 Å². The van der Waals surface area contributed by atoms with E-state index < -0.39 is 12.2 Å². The zero-order chi connectivity index (χ0) is 20.8. The maximum Gasteiger partial charge on any atom is 0.408 e. The summed E-state index contributed by atoms with van der Waals surface area (Å²) in [6.07, 6.45) is -2.69. The van der Waals surface area contributed by atoms with Crippen LogP contribution < -0.4 is 10.1 Å². The third kappa shape index (κ3) is 3.43. The van der Waals surface area contributed by atoms with Crippen LogP contribution in [0.4, 0.5) is 19.1 Å². The van der Waals surface area contributed by atoms with E-state index in [1.165, 1.54) is 0 Å². The van der Waals surface area contributed by atoms with Gasteiger partial charge in [0.2, 0.25) is 11.8 Å². The van der Waals surface area contributed by atoms with Crippen LogP contribution in [0, 0.1) is 0 Å². The molecule has 0 spiro atoms. The van der Waals surface area contributed by atoms with Gasteiger partial charge in [0, 0.05) is 18.8 Å². The van der Waals surface area contributed by atoms with E-state index in [4.69, 9.17) is 4.74 Å². The molecule has 4 aromatic rings. The number of alkyl halides is 3. The minimum Gasteiger partial charge on any atom is -0.477 e. The van der Waals surface area contributed by atoms with E-state index in [1.807, 2.05) is 18.2 Å². The first-order chi connectivity index (χ1) is 13.8. The second-order valence-corrected chi connectivity index (χ2v) is 6.54. The molecule has 0 aliphatic rings. The lowest BCUT2D eigenvalue weighted by Gasteiger charge is -2.17. The van der Waals surface area contributed by atoms with Gasteiger partial charge in [0.1, 0.15) is 17.2 Å². The number of fused-ring (bicyclic) bond motifs is 2. The highest BCUT2D eigenvalue weighted by atomic mass is 19.4. The topological polar surface area (TPSA) is 93.5 Å². The van der Waals surface area contributed by atoms with Crippen LogP contribution >= 0.6 is 0 Å². The van der Waals surface area contributed by atoms with Gasteiger partial charge in [-0.2, -0.15) is 23.1 Å². The van der Waals surface area contributed by atoms with Gasteiger partial charge in [-0.05, 0) is 31.5 Å². The number of aromatic amines is 1. The number of nitrogens with zero attached hydrogens (tertiary/aromatic N) is 5. The second kappa shape index (κ2) is 6.90. The molecule has 3 heterocycles. The van der Waals surface area contributed by atoms with Crippen molar-refractivity contribution >= 4 is 28.0 Å². The summed E-state index contributed by atoms with van der Waals surface area (Å²) in [4.78, 5) is 11.4. The summed E-state index contributed by atoms with van der Waals surface area (Å²) in [5.41, 5.74) is 3.58. The molecule has 0 aliphatic carbocycles. The largest absolute Gasteiger partial charge is 0.477 e. The Hall–Kier alpha value is -3.37. The number of aryl methyl sites for hydroxylation is 1. The number of halogens is 3. The fraction of sp³-hybridized carbons (Fsp3) is 0.333. The predicted molar refractivity (Wildman–Crippen MR) is 102 cm³/mol. The van der Waals surface area contributed by atoms with Crippen molar-refractivity contribution in [1.29, 1.82) is 0 Å². The maximum absolute atomic E-state index is 12.9. The highest BCUT2D eigenvalue weighted by molar-refractivity contribution is 5.99. The van der Waals surface area contributed by atoms with Crippen LogP contribution in [0.1, 0.15) is 13.8 Å². The fourth-order valence-corrected chi connectivity index (χ4v) is 3.01. The standard InChI is InChI=1S/C18H18F3N7O/c1-4-29-16-14-11(10-5-6-12-13(7-10)28(3)27-26-12)8-22-15(14)24-17(25-16)23-9(2)18(19,20)21/h5-9H,4H2,1-3H3,(H2,22,23,24,25). The molecule has 0 aliphatic heterocycles. The number of nitrogens with one attached hydrogen (secondary N) is 2. The summed E-state index contributed by atoms with van der Waals surface area (Å²) < 4.78 is 45.9. The monoisotopic (exact) mass is 405 g/mol. The molecule has 0 saturated heterocycles. The number of hydrogen-bond acceptors (Lipinski definition) is 6. The van der Waals surface area contributed by atoms with Gasteiger partial charge in [0.25, 0.3) is 0 Å². The number of benzene rings is 1. The van der Waals surface area contributed by atoms with E-state index >= 15 is 0 Å². The van der Waals surface area contributed by atoms with Crippen molar-refractivity contribution in [3.05, 3.63) is 24.4 Å². The van der Waals surface area contributed by atoms with Crippen molar-refractivity contribution in [3.63, 3.8) is 0 Å². The smallest absolute Gasteiger partial charge is 0.408 e. The number of hydrogen-bond donors (Lipinski definition) is 2. The molecule has 1 atom stereocenters. The second-order valence-electron chi connectivity index (χ2n) is 6.54. The molecule has 0 radical (unpaired) electrons. The zero-order valence-corrected chi connectivity index (χ0v) is 15.9. The predicted octanol–water partition coefficient (Wildman–Crippen LogP) is 3.67. The van der Waals surface area contributed by atoms with Gasteiger partial charge in [-0.1, -0.05) is 11.3 Å². The Morgan fingerprint density at radius 2 is 2.07 bits per heavy atom. The van der Waals surface area contributed by atoms with Crippen molar-refractivity contribution in [1.82, 2.24) is 29.9 Å². The Morgan fingerprint density at radius 1 is 1.28 bits per heavy atom. The minimum absolute atomic E-state index is 0.162. The Morgan fingerprint density at radius 3 is 2.79 bits per heavy atom. The highest BCUT2D eigenvalue weighted by Gasteiger charge is 2.36. The maximum atomic E-state index is 12.9. The van der Waals surface area contributed by atoms with E-state index in [0.717, 1.165) is 29.1 Å². The van der Waals surface area contributed by atoms with Crippen LogP contribution in [-0.4, -0.2) is 48.8 Å². The summed E-state index contributed by atoms with van der Waals surface area (Å²) in [5, 5.41) is 10.9. The van der Waals surface area contributed by atoms with Gasteiger partial charge in [-0.15, -0.1) is 5.10 Å². The van der Waals surface area contributed by atoms with E-state index in [-0.39, 0.29) is 11.8 Å². The molecule has 11 heteroatoms. The molecule has 8 nitrogen and oxygen atoms in total. The molecular formula is C18H18F3N7O. The van der Waals surface area contributed by atoms with E-state index in [2.05, 4.69) is 30.6 Å². The first-order valence-electron chi connectivity index (χ1n) is 8.93. The van der Waals surface area contributed by atoms with Crippen molar-refractivity contribution in [2.24, 2.45) is 7.05 Å². The van der Waals surface area contributed by atoms with E-state index in [9.17, 15) is 13.2 Å². The summed E-state index contributed by atoms with van der Waals surface area (Å²) in [6.45, 7) is 3.08. The van der Waals surface area contributed by atoms with Crippen LogP contribution in [0.15, 0.2) is 24.4 Å². The molecule has 2 N–H and O–H groups in total. The Bertz CT molecular complexity index is 1180. The first kappa shape index (κ1) is 19.0. The van der Waals surface area contributed by atoms with Crippen LogP contribution in [0.2, 0.25) is 0 Å². The summed E-state index contributed by atoms with van der Waals surface area (Å²) in [5.74, 6) is 0.0410. The van der Waals surface area contributed by atoms with Crippen molar-refractivity contribution < 1.29 is 17.9 Å². The Kier molecular flexibility index (Phi) is 4.52. The van der Waals surface area contributed by atoms with Crippen molar-refractivity contribution in [2.75, 3.05) is 11.9 Å². The Balaban J connectivity index is 1.82. The lowest BCUT2D eigenvalue weighted by Crippen LogP contribution is -2.33. The first-order valence-corrected chi connectivity index (χ1v) is 8.93. The van der Waals surface area contributed by atoms with Crippen molar-refractivity contribution in [3.8, 4) is 17.0 Å². The number of anilines is 1. The minimum atomic E-state index is -4.42. The summed E-state index contributed by atoms with van der Waals surface area (Å²) >= 11 is 0. The number of ether oxygens (including phenoxy) is 1. The molecule has 0 fully saturated rings. The lowest BCUT2D eigenvalue weighted by molar-refractivity contribution is -0.138. The van der Waals surface area contributed by atoms with Crippen molar-refractivity contribution in [2.45, 2.75) is 26.1 Å². The van der Waals surface area contributed by atoms with Crippen LogP contribution in [0.3, 0.4) is 0 Å². The van der Waals surface area contributed by atoms with Gasteiger partial charge in [0.05, 0.1) is 17.5 Å². The zero-order valence-electron chi connectivity index (χ0n) is 15.9. The molecule has 1 unspecified atom stereocenters. The number of rotatable bonds is 5. The molecule has 0 saturated carbocycles. The lowest BCUT2D eigenvalue weighted by atomic mass is 10.1. The van der Waals surface area contributed by atoms with Gasteiger partial charge >= 0.3 is 6.18 Å². The fourth-order valence-electron chi connectivity index (χ4n) is 3.01. The molecule has 1 aromatic carbocycles. The van der Waals surface area contributed by atoms with E-state index in [0.29, 0.717) is 17.6 Å². The summed E-state index contributed by atoms with van der Waals surface area (Å²) in [7, 11) is 1.79. The highest BCUT2D eigenvalue weighted by Crippen LogP contribution is 2.35. The van der Waals surface area contributed by atoms with Crippen LogP contribution in [0.5, 0.6) is 5.88 Å². The van der Waals surface area contributed by atoms with Crippen LogP contribution in [-0.2, 0) is 7.05 Å². The van der Waals surface area contributed by atoms with E-state index in [1.54, 1.807) is 24.9 Å². The SMILES string of the molecule is CCOc1nc(NC(C)C(F)(F)F)nc2[nH]cc(-c3ccc4nnn(C)c4c3)c12. The molecular weight excluding hydrogens is 387 g/mol. The van der Waals surface area contributed by atoms with Gasteiger partial charge < -0.3 is 15.0 Å². The molecule has 152 valence electrons. The average molecular weight is 405 g/mol. The molecule has 0 bridgehead atoms. The van der Waals surface area contributed by atoms with Gasteiger partial charge in [0.15, 0.2) is 0 Å². The number of H-pyrrole nitrogens is 1. The summed E-state index contributed by atoms with van der Waals surface area (Å²) in [6, 6.07) is 3.85. The third-order valence-electron chi connectivity index (χ3n) is 4.54. The average Bonchev–Trinajstić information content (AvgIpc) is 3.25. The molecule has 3 aromatic heterocycles. The molecule has 0 amide bonds. The normalized spacial score (nSPS) is 13.2. The Labute approximate surface area is 163 Å². The third-order valence-corrected chi connectivity index (χ3v) is 4.54. The number of aromatic nitrogens is 6. The molecule has 4 rings (SSSR count).